The minimum Gasteiger partial charge on any atom is -0.483 e. The van der Waals surface area contributed by atoms with Crippen LogP contribution in [0.1, 0.15) is 61.8 Å². The number of rotatable bonds is 13. The predicted molar refractivity (Wildman–Crippen MR) is 136 cm³/mol. The smallest absolute Gasteiger partial charge is 0.290 e. The molecule has 0 aromatic rings. The second kappa shape index (κ2) is 29.6. The number of nitrogens with zero attached hydrogens (tertiary/aromatic N) is 4. The van der Waals surface area contributed by atoms with E-state index in [-0.39, 0.29) is 18.3 Å². The number of likely N-dealkylation sites (N-methyl/N-ethyl adjacent to an activating group) is 1. The number of hydrogen-bond acceptors (Lipinski definition) is 5. The van der Waals surface area contributed by atoms with Crippen molar-refractivity contribution < 1.29 is 24.3 Å². The van der Waals surface area contributed by atoms with Crippen molar-refractivity contribution in [3.05, 3.63) is 12.7 Å². The van der Waals surface area contributed by atoms with E-state index in [1.165, 1.54) is 6.08 Å². The van der Waals surface area contributed by atoms with Crippen LogP contribution in [0.15, 0.2) is 12.7 Å². The largest absolute Gasteiger partial charge is 0.483 e. The van der Waals surface area contributed by atoms with Crippen LogP contribution in [0.5, 0.6) is 0 Å². The van der Waals surface area contributed by atoms with Crippen molar-refractivity contribution >= 4 is 24.7 Å². The SMILES string of the molecule is C=CC(=O)N(CC)CC.CCN(C=O)CC.CCN(CC)CCC(=O)N(CC)CC.O=CO. The minimum atomic E-state index is -0.250. The Kier molecular flexibility index (Phi) is 33.9. The van der Waals surface area contributed by atoms with Gasteiger partial charge in [-0.1, -0.05) is 20.4 Å². The lowest BCUT2D eigenvalue weighted by Gasteiger charge is -2.22. The Morgan fingerprint density at radius 2 is 1.12 bits per heavy atom. The van der Waals surface area contributed by atoms with Gasteiger partial charge in [0.05, 0.1) is 0 Å². The quantitative estimate of drug-likeness (QED) is 0.325. The molecule has 0 aliphatic rings. The van der Waals surface area contributed by atoms with Crippen LogP contribution in [-0.4, -0.2) is 108 Å². The molecule has 0 bridgehead atoms. The standard InChI is InChI=1S/C11H24N2O.C7H13NO.C5H11NO.CH2O2/c1-5-12(6-2)10-9-11(14)13(7-3)8-4;1-4-7(9)8(5-2)6-3;1-3-6(4-2)5-7;2-1-3/h5-10H2,1-4H3;4H,1,5-6H2,2-3H3;5H,3-4H2,1-2H3;1H,(H,2,3). The maximum absolute atomic E-state index is 11.6. The van der Waals surface area contributed by atoms with Gasteiger partial charge in [0, 0.05) is 52.2 Å². The van der Waals surface area contributed by atoms with Gasteiger partial charge in [0.1, 0.15) is 0 Å². The van der Waals surface area contributed by atoms with E-state index in [0.717, 1.165) is 65.3 Å². The molecule has 0 fully saturated rings. The highest BCUT2D eigenvalue weighted by atomic mass is 16.3. The van der Waals surface area contributed by atoms with Crippen molar-refractivity contribution in [3.63, 3.8) is 0 Å². The van der Waals surface area contributed by atoms with Gasteiger partial charge in [-0.15, -0.1) is 0 Å². The molecule has 0 saturated carbocycles. The third kappa shape index (κ3) is 24.1. The van der Waals surface area contributed by atoms with Gasteiger partial charge in [-0.05, 0) is 60.7 Å². The van der Waals surface area contributed by atoms with Crippen LogP contribution in [-0.2, 0) is 19.2 Å². The van der Waals surface area contributed by atoms with Gasteiger partial charge in [-0.2, -0.15) is 0 Å². The van der Waals surface area contributed by atoms with Gasteiger partial charge in [-0.25, -0.2) is 0 Å². The van der Waals surface area contributed by atoms with Crippen LogP contribution < -0.4 is 0 Å². The molecule has 0 saturated heterocycles. The number of carbonyl (C=O) groups is 4. The van der Waals surface area contributed by atoms with Crippen molar-refractivity contribution in [1.82, 2.24) is 19.6 Å². The first-order valence-electron chi connectivity index (χ1n) is 11.9. The third-order valence-electron chi connectivity index (χ3n) is 4.86. The summed E-state index contributed by atoms with van der Waals surface area (Å²) >= 11 is 0. The van der Waals surface area contributed by atoms with E-state index < -0.39 is 0 Å². The molecule has 0 heterocycles. The zero-order valence-electron chi connectivity index (χ0n) is 22.4. The molecule has 9 heteroatoms. The summed E-state index contributed by atoms with van der Waals surface area (Å²) in [6, 6.07) is 0. The molecule has 9 nitrogen and oxygen atoms in total. The first kappa shape index (κ1) is 37.9. The summed E-state index contributed by atoms with van der Waals surface area (Å²) in [6.45, 7) is 27.0. The normalized spacial score (nSPS) is 9.00. The second-order valence-corrected chi connectivity index (χ2v) is 6.49. The monoisotopic (exact) mass is 474 g/mol. The first-order valence-corrected chi connectivity index (χ1v) is 11.9. The molecule has 0 aromatic carbocycles. The van der Waals surface area contributed by atoms with E-state index in [1.54, 1.807) is 9.80 Å². The van der Waals surface area contributed by atoms with Crippen LogP contribution in [0.4, 0.5) is 0 Å². The Labute approximate surface area is 202 Å². The van der Waals surface area contributed by atoms with Crippen molar-refractivity contribution in [2.24, 2.45) is 0 Å². The maximum atomic E-state index is 11.6. The van der Waals surface area contributed by atoms with E-state index in [9.17, 15) is 14.4 Å². The van der Waals surface area contributed by atoms with Crippen LogP contribution >= 0.6 is 0 Å². The third-order valence-corrected chi connectivity index (χ3v) is 4.86. The highest BCUT2D eigenvalue weighted by Crippen LogP contribution is 1.97. The summed E-state index contributed by atoms with van der Waals surface area (Å²) in [5.41, 5.74) is 0. The fourth-order valence-electron chi connectivity index (χ4n) is 2.57. The molecule has 196 valence electrons. The molecule has 0 radical (unpaired) electrons. The summed E-state index contributed by atoms with van der Waals surface area (Å²) in [5, 5.41) is 6.89. The van der Waals surface area contributed by atoms with Crippen LogP contribution in [0.2, 0.25) is 0 Å². The molecule has 33 heavy (non-hydrogen) atoms. The molecule has 0 aliphatic heterocycles. The second-order valence-electron chi connectivity index (χ2n) is 6.49. The van der Waals surface area contributed by atoms with E-state index in [1.807, 2.05) is 46.4 Å². The van der Waals surface area contributed by atoms with Gasteiger partial charge in [0.25, 0.3) is 6.47 Å². The van der Waals surface area contributed by atoms with Gasteiger partial charge in [0.15, 0.2) is 0 Å². The molecule has 0 spiro atoms. The van der Waals surface area contributed by atoms with Gasteiger partial charge < -0.3 is 24.7 Å². The summed E-state index contributed by atoms with van der Waals surface area (Å²) in [7, 11) is 0. The zero-order chi connectivity index (χ0) is 26.7. The summed E-state index contributed by atoms with van der Waals surface area (Å²) < 4.78 is 0. The molecule has 0 rings (SSSR count). The Hall–Kier alpha value is -2.42. The number of carboxylic acid groups (broad SMARTS) is 1. The highest BCUT2D eigenvalue weighted by Gasteiger charge is 2.10. The van der Waals surface area contributed by atoms with Gasteiger partial charge in [0.2, 0.25) is 18.2 Å². The van der Waals surface area contributed by atoms with Gasteiger partial charge >= 0.3 is 0 Å². The van der Waals surface area contributed by atoms with Crippen LogP contribution in [0.3, 0.4) is 0 Å². The summed E-state index contributed by atoms with van der Waals surface area (Å²) in [5.74, 6) is 0.293. The highest BCUT2D eigenvalue weighted by molar-refractivity contribution is 5.86. The molecule has 0 unspecified atom stereocenters. The average molecular weight is 475 g/mol. The Balaban J connectivity index is -0.000000191. The van der Waals surface area contributed by atoms with Crippen molar-refractivity contribution in [2.75, 3.05) is 58.9 Å². The van der Waals surface area contributed by atoms with E-state index in [4.69, 9.17) is 9.90 Å². The van der Waals surface area contributed by atoms with Crippen LogP contribution in [0.25, 0.3) is 0 Å². The van der Waals surface area contributed by atoms with E-state index in [2.05, 4.69) is 25.3 Å². The van der Waals surface area contributed by atoms with Crippen molar-refractivity contribution in [1.29, 1.82) is 0 Å². The molecule has 0 aromatic heterocycles. The molecule has 1 N–H and O–H groups in total. The zero-order valence-corrected chi connectivity index (χ0v) is 22.4. The number of amides is 3. The lowest BCUT2D eigenvalue weighted by atomic mass is 10.3. The Morgan fingerprint density at radius 3 is 1.30 bits per heavy atom. The molecule has 0 atom stereocenters. The fraction of sp³-hybridized carbons (Fsp3) is 0.750. The number of hydrogen-bond donors (Lipinski definition) is 1. The first-order chi connectivity index (χ1) is 15.7. The van der Waals surface area contributed by atoms with Crippen molar-refractivity contribution in [2.45, 2.75) is 61.8 Å². The lowest BCUT2D eigenvalue weighted by Crippen LogP contribution is -2.34. The molecular formula is C24H50N4O5. The van der Waals surface area contributed by atoms with E-state index >= 15 is 0 Å². The maximum Gasteiger partial charge on any atom is 0.290 e. The molecule has 0 aliphatic carbocycles. The van der Waals surface area contributed by atoms with Crippen molar-refractivity contribution in [3.8, 4) is 0 Å². The molecular weight excluding hydrogens is 424 g/mol. The molecule has 3 amide bonds. The lowest BCUT2D eigenvalue weighted by molar-refractivity contribution is -0.131. The number of carbonyl (C=O) groups excluding carboxylic acids is 3. The predicted octanol–water partition coefficient (Wildman–Crippen LogP) is 2.81. The van der Waals surface area contributed by atoms with Crippen LogP contribution in [0, 0.1) is 0 Å². The summed E-state index contributed by atoms with van der Waals surface area (Å²) in [4.78, 5) is 48.3. The Morgan fingerprint density at radius 1 is 0.727 bits per heavy atom. The summed E-state index contributed by atoms with van der Waals surface area (Å²) in [6.07, 6.45) is 2.86. The average Bonchev–Trinajstić information content (AvgIpc) is 2.83. The van der Waals surface area contributed by atoms with Gasteiger partial charge in [-0.3, -0.25) is 19.2 Å². The minimum absolute atomic E-state index is 0.0139. The fourth-order valence-corrected chi connectivity index (χ4v) is 2.57. The Bertz CT molecular complexity index is 473. The van der Waals surface area contributed by atoms with E-state index in [0.29, 0.717) is 6.42 Å². The topological polar surface area (TPSA) is 101 Å².